The number of hydrogen-bond acceptors (Lipinski definition) is 5. The van der Waals surface area contributed by atoms with E-state index in [4.69, 9.17) is 15.5 Å². The van der Waals surface area contributed by atoms with Crippen LogP contribution in [0.15, 0.2) is 0 Å². The first kappa shape index (κ1) is 12.4. The van der Waals surface area contributed by atoms with Crippen molar-refractivity contribution >= 4 is 16.5 Å². The molecule has 0 saturated carbocycles. The molecular formula is C13H21N3OS. The van der Waals surface area contributed by atoms with Crippen LogP contribution >= 0.6 is 11.3 Å². The molecule has 3 rings (SSSR count). The summed E-state index contributed by atoms with van der Waals surface area (Å²) in [5.74, 6) is 0. The van der Waals surface area contributed by atoms with E-state index in [1.807, 2.05) is 0 Å². The van der Waals surface area contributed by atoms with Gasteiger partial charge in [0.15, 0.2) is 5.13 Å². The smallest absolute Gasteiger partial charge is 0.185 e. The van der Waals surface area contributed by atoms with Gasteiger partial charge in [-0.05, 0) is 32.6 Å². The molecule has 1 aromatic rings. The zero-order chi connectivity index (χ0) is 12.5. The number of thiazole rings is 1. The molecule has 18 heavy (non-hydrogen) atoms. The lowest BCUT2D eigenvalue weighted by Crippen LogP contribution is -2.29. The Hall–Kier alpha value is -0.650. The summed E-state index contributed by atoms with van der Waals surface area (Å²) >= 11 is 1.80. The maximum atomic E-state index is 6.17. The molecule has 0 spiro atoms. The van der Waals surface area contributed by atoms with Crippen molar-refractivity contribution in [2.24, 2.45) is 5.73 Å². The predicted molar refractivity (Wildman–Crippen MR) is 74.2 cm³/mol. The summed E-state index contributed by atoms with van der Waals surface area (Å²) in [5.41, 5.74) is 7.42. The lowest BCUT2D eigenvalue weighted by Gasteiger charge is -2.20. The molecule has 1 aliphatic heterocycles. The molecule has 100 valence electrons. The highest BCUT2D eigenvalue weighted by Gasteiger charge is 2.25. The standard InChI is InChI=1S/C13H21N3OS/c1-9-8-16(6-3-7-17-9)13-15-11-5-2-4-10(14)12(11)18-13/h9-10H,2-8,14H2,1H3. The average molecular weight is 267 g/mol. The third-order valence-corrected chi connectivity index (χ3v) is 4.99. The van der Waals surface area contributed by atoms with Crippen LogP contribution in [0, 0.1) is 0 Å². The van der Waals surface area contributed by atoms with E-state index in [-0.39, 0.29) is 6.04 Å². The number of nitrogens with zero attached hydrogens (tertiary/aromatic N) is 2. The molecule has 0 bridgehead atoms. The Morgan fingerprint density at radius 1 is 1.44 bits per heavy atom. The lowest BCUT2D eigenvalue weighted by molar-refractivity contribution is 0.0821. The molecule has 2 heterocycles. The molecule has 2 unspecified atom stereocenters. The number of aromatic nitrogens is 1. The van der Waals surface area contributed by atoms with E-state index in [1.165, 1.54) is 17.0 Å². The summed E-state index contributed by atoms with van der Waals surface area (Å²) in [6, 6.07) is 0.209. The van der Waals surface area contributed by atoms with Gasteiger partial charge in [0.2, 0.25) is 0 Å². The van der Waals surface area contributed by atoms with E-state index < -0.39 is 0 Å². The summed E-state index contributed by atoms with van der Waals surface area (Å²) in [5, 5.41) is 1.15. The van der Waals surface area contributed by atoms with Crippen molar-refractivity contribution in [2.45, 2.75) is 44.8 Å². The van der Waals surface area contributed by atoms with E-state index in [1.54, 1.807) is 11.3 Å². The fraction of sp³-hybridized carbons (Fsp3) is 0.769. The third-order valence-electron chi connectivity index (χ3n) is 3.70. The summed E-state index contributed by atoms with van der Waals surface area (Å²) < 4.78 is 5.69. The van der Waals surface area contributed by atoms with Gasteiger partial charge in [-0.15, -0.1) is 0 Å². The highest BCUT2D eigenvalue weighted by molar-refractivity contribution is 7.15. The van der Waals surface area contributed by atoms with Crippen LogP contribution in [0.4, 0.5) is 5.13 Å². The van der Waals surface area contributed by atoms with Crippen LogP contribution in [0.2, 0.25) is 0 Å². The summed E-state index contributed by atoms with van der Waals surface area (Å²) in [4.78, 5) is 8.49. The Bertz CT molecular complexity index is 420. The van der Waals surface area contributed by atoms with Crippen molar-refractivity contribution in [3.8, 4) is 0 Å². The Morgan fingerprint density at radius 3 is 3.17 bits per heavy atom. The van der Waals surface area contributed by atoms with Gasteiger partial charge in [-0.3, -0.25) is 0 Å². The summed E-state index contributed by atoms with van der Waals surface area (Å²) in [6.07, 6.45) is 4.76. The maximum Gasteiger partial charge on any atom is 0.185 e. The van der Waals surface area contributed by atoms with Crippen molar-refractivity contribution in [1.82, 2.24) is 4.98 Å². The molecule has 2 N–H and O–H groups in total. The van der Waals surface area contributed by atoms with E-state index in [0.717, 1.165) is 44.1 Å². The number of nitrogens with two attached hydrogens (primary N) is 1. The van der Waals surface area contributed by atoms with Crippen molar-refractivity contribution < 1.29 is 4.74 Å². The van der Waals surface area contributed by atoms with Gasteiger partial charge in [-0.1, -0.05) is 11.3 Å². The number of rotatable bonds is 1. The van der Waals surface area contributed by atoms with Gasteiger partial charge >= 0.3 is 0 Å². The molecule has 0 amide bonds. The van der Waals surface area contributed by atoms with Gasteiger partial charge in [-0.25, -0.2) is 4.98 Å². The lowest BCUT2D eigenvalue weighted by atomic mass is 9.99. The maximum absolute atomic E-state index is 6.17. The summed E-state index contributed by atoms with van der Waals surface area (Å²) in [6.45, 7) is 4.99. The molecule has 1 fully saturated rings. The normalized spacial score (nSPS) is 28.9. The van der Waals surface area contributed by atoms with Crippen LogP contribution in [0.3, 0.4) is 0 Å². The Kier molecular flexibility index (Phi) is 3.54. The molecular weight excluding hydrogens is 246 g/mol. The van der Waals surface area contributed by atoms with Crippen LogP contribution < -0.4 is 10.6 Å². The minimum absolute atomic E-state index is 0.209. The minimum atomic E-state index is 0.209. The Labute approximate surface area is 112 Å². The number of aryl methyl sites for hydroxylation is 1. The number of hydrogen-bond donors (Lipinski definition) is 1. The molecule has 2 atom stereocenters. The van der Waals surface area contributed by atoms with Crippen molar-refractivity contribution in [1.29, 1.82) is 0 Å². The molecule has 2 aliphatic rings. The number of ether oxygens (including phenoxy) is 1. The van der Waals surface area contributed by atoms with E-state index in [9.17, 15) is 0 Å². The average Bonchev–Trinajstić information content (AvgIpc) is 2.67. The molecule has 1 saturated heterocycles. The van der Waals surface area contributed by atoms with Gasteiger partial charge in [0.25, 0.3) is 0 Å². The molecule has 5 heteroatoms. The van der Waals surface area contributed by atoms with Gasteiger partial charge in [0, 0.05) is 30.6 Å². The second-order valence-electron chi connectivity index (χ2n) is 5.29. The predicted octanol–water partition coefficient (Wildman–Crippen LogP) is 2.09. The minimum Gasteiger partial charge on any atom is -0.377 e. The van der Waals surface area contributed by atoms with Crippen molar-refractivity contribution in [3.05, 3.63) is 10.6 Å². The van der Waals surface area contributed by atoms with Crippen LogP contribution in [-0.2, 0) is 11.2 Å². The molecule has 0 radical (unpaired) electrons. The van der Waals surface area contributed by atoms with Crippen molar-refractivity contribution in [3.63, 3.8) is 0 Å². The van der Waals surface area contributed by atoms with Crippen LogP contribution in [0.1, 0.15) is 42.8 Å². The highest BCUT2D eigenvalue weighted by Crippen LogP contribution is 2.36. The van der Waals surface area contributed by atoms with E-state index >= 15 is 0 Å². The van der Waals surface area contributed by atoms with Crippen LogP contribution in [-0.4, -0.2) is 30.8 Å². The monoisotopic (exact) mass is 267 g/mol. The van der Waals surface area contributed by atoms with Crippen molar-refractivity contribution in [2.75, 3.05) is 24.6 Å². The molecule has 1 aliphatic carbocycles. The van der Waals surface area contributed by atoms with E-state index in [0.29, 0.717) is 6.10 Å². The first-order chi connectivity index (χ1) is 8.74. The van der Waals surface area contributed by atoms with E-state index in [2.05, 4.69) is 11.8 Å². The zero-order valence-corrected chi connectivity index (χ0v) is 11.7. The molecule has 4 nitrogen and oxygen atoms in total. The highest BCUT2D eigenvalue weighted by atomic mass is 32.1. The van der Waals surface area contributed by atoms with Gasteiger partial charge in [0.05, 0.1) is 11.8 Å². The van der Waals surface area contributed by atoms with Crippen LogP contribution in [0.5, 0.6) is 0 Å². The second-order valence-corrected chi connectivity index (χ2v) is 6.30. The Balaban J connectivity index is 1.83. The zero-order valence-electron chi connectivity index (χ0n) is 10.9. The molecule has 1 aromatic heterocycles. The largest absolute Gasteiger partial charge is 0.377 e. The number of anilines is 1. The van der Waals surface area contributed by atoms with Crippen LogP contribution in [0.25, 0.3) is 0 Å². The SMILES string of the molecule is CC1CN(c2nc3c(s2)C(N)CCC3)CCCO1. The summed E-state index contributed by atoms with van der Waals surface area (Å²) in [7, 11) is 0. The fourth-order valence-electron chi connectivity index (χ4n) is 2.74. The first-order valence-corrected chi connectivity index (χ1v) is 7.67. The number of fused-ring (bicyclic) bond motifs is 1. The quantitative estimate of drug-likeness (QED) is 0.846. The first-order valence-electron chi connectivity index (χ1n) is 6.86. The Morgan fingerprint density at radius 2 is 2.33 bits per heavy atom. The topological polar surface area (TPSA) is 51.4 Å². The third kappa shape index (κ3) is 2.39. The fourth-order valence-corrected chi connectivity index (χ4v) is 3.93. The van der Waals surface area contributed by atoms with Gasteiger partial charge < -0.3 is 15.4 Å². The van der Waals surface area contributed by atoms with Gasteiger partial charge in [-0.2, -0.15) is 0 Å². The van der Waals surface area contributed by atoms with Gasteiger partial charge in [0.1, 0.15) is 0 Å². The molecule has 0 aromatic carbocycles. The second kappa shape index (κ2) is 5.15.